The molecule has 0 saturated carbocycles. The van der Waals surface area contributed by atoms with Gasteiger partial charge in [0.2, 0.25) is 0 Å². The van der Waals surface area contributed by atoms with Gasteiger partial charge in [0.25, 0.3) is 0 Å². The topological polar surface area (TPSA) is 78.8 Å². The first-order valence-electron chi connectivity index (χ1n) is 5.47. The molecule has 0 aliphatic rings. The third-order valence-electron chi connectivity index (χ3n) is 2.22. The Labute approximate surface area is 100 Å². The van der Waals surface area contributed by atoms with Gasteiger partial charge in [-0.15, -0.1) is 0 Å². The van der Waals surface area contributed by atoms with E-state index in [1.165, 1.54) is 12.1 Å². The monoisotopic (exact) mass is 239 g/mol. The van der Waals surface area contributed by atoms with E-state index in [0.29, 0.717) is 13.0 Å². The van der Waals surface area contributed by atoms with E-state index in [0.717, 1.165) is 5.56 Å². The first-order valence-corrected chi connectivity index (χ1v) is 5.47. The number of aromatic hydroxyl groups is 2. The number of carbonyl (C=O) groups is 1. The molecule has 0 bridgehead atoms. The second kappa shape index (κ2) is 5.98. The molecule has 0 fully saturated rings. The van der Waals surface area contributed by atoms with Gasteiger partial charge in [0.05, 0.1) is 6.61 Å². The summed E-state index contributed by atoms with van der Waals surface area (Å²) in [4.78, 5) is 11.1. The highest BCUT2D eigenvalue weighted by Crippen LogP contribution is 2.25. The van der Waals surface area contributed by atoms with Gasteiger partial charge in [-0.25, -0.2) is 4.79 Å². The summed E-state index contributed by atoms with van der Waals surface area (Å²) in [5, 5.41) is 21.1. The van der Waals surface area contributed by atoms with Gasteiger partial charge < -0.3 is 20.3 Å². The molecule has 1 atom stereocenters. The van der Waals surface area contributed by atoms with Crippen LogP contribution in [0.1, 0.15) is 19.4 Å². The number of phenols is 2. The molecule has 0 radical (unpaired) electrons. The molecule has 3 N–H and O–H groups in total. The molecule has 0 aromatic heterocycles. The molecule has 0 aliphatic carbocycles. The summed E-state index contributed by atoms with van der Waals surface area (Å²) in [5.74, 6) is -0.314. The van der Waals surface area contributed by atoms with Crippen LogP contribution in [0.4, 0.5) is 4.79 Å². The van der Waals surface area contributed by atoms with Gasteiger partial charge in [-0.3, -0.25) is 0 Å². The molecule has 1 aromatic carbocycles. The number of alkyl carbamates (subject to hydrolysis) is 1. The summed E-state index contributed by atoms with van der Waals surface area (Å²) < 4.78 is 4.75. The van der Waals surface area contributed by atoms with E-state index in [2.05, 4.69) is 5.32 Å². The normalized spacial score (nSPS) is 11.9. The molecule has 1 unspecified atom stereocenters. The molecule has 5 heteroatoms. The van der Waals surface area contributed by atoms with Crippen LogP contribution in [0.3, 0.4) is 0 Å². The van der Waals surface area contributed by atoms with Gasteiger partial charge in [0, 0.05) is 6.04 Å². The molecular formula is C12H17NO4. The highest BCUT2D eigenvalue weighted by molar-refractivity contribution is 5.67. The van der Waals surface area contributed by atoms with Crippen LogP contribution in [0.5, 0.6) is 11.5 Å². The maximum Gasteiger partial charge on any atom is 0.407 e. The van der Waals surface area contributed by atoms with Crippen molar-refractivity contribution in [2.75, 3.05) is 6.61 Å². The van der Waals surface area contributed by atoms with Crippen LogP contribution in [0, 0.1) is 0 Å². The standard InChI is InChI=1S/C12H17NO4/c1-3-17-12(16)13-8(2)6-9-4-5-10(14)11(15)7-9/h4-5,7-8,14-15H,3,6H2,1-2H3,(H,13,16). The molecule has 1 amide bonds. The van der Waals surface area contributed by atoms with Crippen LogP contribution in [-0.2, 0) is 11.2 Å². The minimum absolute atomic E-state index is 0.113. The van der Waals surface area contributed by atoms with Crippen LogP contribution in [0.25, 0.3) is 0 Å². The maximum atomic E-state index is 11.1. The zero-order valence-electron chi connectivity index (χ0n) is 9.93. The molecule has 17 heavy (non-hydrogen) atoms. The summed E-state index contributed by atoms with van der Waals surface area (Å²) in [7, 11) is 0. The fourth-order valence-electron chi connectivity index (χ4n) is 1.47. The number of phenolic OH excluding ortho intramolecular Hbond substituents is 2. The molecule has 0 aliphatic heterocycles. The number of benzene rings is 1. The highest BCUT2D eigenvalue weighted by atomic mass is 16.5. The third-order valence-corrected chi connectivity index (χ3v) is 2.22. The van der Waals surface area contributed by atoms with Crippen molar-refractivity contribution in [3.05, 3.63) is 23.8 Å². The van der Waals surface area contributed by atoms with Crippen molar-refractivity contribution in [3.63, 3.8) is 0 Å². The average molecular weight is 239 g/mol. The van der Waals surface area contributed by atoms with Crippen LogP contribution >= 0.6 is 0 Å². The Morgan fingerprint density at radius 2 is 2.12 bits per heavy atom. The van der Waals surface area contributed by atoms with E-state index >= 15 is 0 Å². The lowest BCUT2D eigenvalue weighted by Gasteiger charge is -2.13. The maximum absolute atomic E-state index is 11.1. The van der Waals surface area contributed by atoms with Crippen molar-refractivity contribution < 1.29 is 19.7 Å². The number of hydrogen-bond donors (Lipinski definition) is 3. The van der Waals surface area contributed by atoms with Crippen molar-refractivity contribution in [1.82, 2.24) is 5.32 Å². The lowest BCUT2D eigenvalue weighted by Crippen LogP contribution is -2.34. The van der Waals surface area contributed by atoms with Gasteiger partial charge in [-0.05, 0) is 38.0 Å². The predicted molar refractivity (Wildman–Crippen MR) is 63.1 cm³/mol. The van der Waals surface area contributed by atoms with Gasteiger partial charge in [-0.1, -0.05) is 6.07 Å². The van der Waals surface area contributed by atoms with Crippen LogP contribution in [0.2, 0.25) is 0 Å². The lowest BCUT2D eigenvalue weighted by molar-refractivity contribution is 0.149. The largest absolute Gasteiger partial charge is 0.504 e. The molecule has 1 aromatic rings. The average Bonchev–Trinajstić information content (AvgIpc) is 2.23. The lowest BCUT2D eigenvalue weighted by atomic mass is 10.1. The molecular weight excluding hydrogens is 222 g/mol. The minimum atomic E-state index is -0.456. The first kappa shape index (κ1) is 13.2. The highest BCUT2D eigenvalue weighted by Gasteiger charge is 2.09. The molecule has 0 heterocycles. The van der Waals surface area contributed by atoms with Crippen molar-refractivity contribution in [2.45, 2.75) is 26.3 Å². The SMILES string of the molecule is CCOC(=O)NC(C)Cc1ccc(O)c(O)c1. The van der Waals surface area contributed by atoms with E-state index in [1.54, 1.807) is 13.0 Å². The van der Waals surface area contributed by atoms with Crippen molar-refractivity contribution in [2.24, 2.45) is 0 Å². The van der Waals surface area contributed by atoms with E-state index < -0.39 is 6.09 Å². The number of ether oxygens (including phenoxy) is 1. The third kappa shape index (κ3) is 4.22. The van der Waals surface area contributed by atoms with Crippen molar-refractivity contribution in [3.8, 4) is 11.5 Å². The molecule has 0 spiro atoms. The van der Waals surface area contributed by atoms with Crippen molar-refractivity contribution in [1.29, 1.82) is 0 Å². The fraction of sp³-hybridized carbons (Fsp3) is 0.417. The zero-order valence-corrected chi connectivity index (χ0v) is 9.93. The second-order valence-corrected chi connectivity index (χ2v) is 3.79. The Balaban J connectivity index is 2.53. The van der Waals surface area contributed by atoms with Gasteiger partial charge in [-0.2, -0.15) is 0 Å². The van der Waals surface area contributed by atoms with Crippen LogP contribution < -0.4 is 5.32 Å². The number of carbonyl (C=O) groups excluding carboxylic acids is 1. The van der Waals surface area contributed by atoms with E-state index in [9.17, 15) is 9.90 Å². The van der Waals surface area contributed by atoms with Gasteiger partial charge in [0.1, 0.15) is 0 Å². The zero-order chi connectivity index (χ0) is 12.8. The molecule has 5 nitrogen and oxygen atoms in total. The van der Waals surface area contributed by atoms with E-state index in [4.69, 9.17) is 9.84 Å². The van der Waals surface area contributed by atoms with Gasteiger partial charge in [0.15, 0.2) is 11.5 Å². The van der Waals surface area contributed by atoms with E-state index in [-0.39, 0.29) is 17.5 Å². The molecule has 1 rings (SSSR count). The number of nitrogens with one attached hydrogen (secondary N) is 1. The molecule has 0 saturated heterocycles. The smallest absolute Gasteiger partial charge is 0.407 e. The van der Waals surface area contributed by atoms with Crippen molar-refractivity contribution >= 4 is 6.09 Å². The summed E-state index contributed by atoms with van der Waals surface area (Å²) in [6.45, 7) is 3.90. The van der Waals surface area contributed by atoms with Crippen LogP contribution in [-0.4, -0.2) is 29.0 Å². The molecule has 94 valence electrons. The summed E-state index contributed by atoms with van der Waals surface area (Å²) >= 11 is 0. The van der Waals surface area contributed by atoms with Gasteiger partial charge >= 0.3 is 6.09 Å². The number of hydrogen-bond acceptors (Lipinski definition) is 4. The van der Waals surface area contributed by atoms with E-state index in [1.807, 2.05) is 6.92 Å². The quantitative estimate of drug-likeness (QED) is 0.700. The number of amides is 1. The summed E-state index contributed by atoms with van der Waals surface area (Å²) in [6, 6.07) is 4.47. The Kier molecular flexibility index (Phi) is 4.63. The first-order chi connectivity index (χ1) is 8.02. The Morgan fingerprint density at radius 1 is 1.41 bits per heavy atom. The predicted octanol–water partition coefficient (Wildman–Crippen LogP) is 1.77. The Morgan fingerprint density at radius 3 is 2.71 bits per heavy atom. The number of rotatable bonds is 4. The minimum Gasteiger partial charge on any atom is -0.504 e. The fourth-order valence-corrected chi connectivity index (χ4v) is 1.47. The second-order valence-electron chi connectivity index (χ2n) is 3.79. The summed E-state index contributed by atoms with van der Waals surface area (Å²) in [5.41, 5.74) is 0.824. The Hall–Kier alpha value is -1.91. The van der Waals surface area contributed by atoms with Crippen LogP contribution in [0.15, 0.2) is 18.2 Å². The Bertz CT molecular complexity index is 392. The summed E-state index contributed by atoms with van der Waals surface area (Å²) in [6.07, 6.45) is 0.0927.